The molecule has 0 bridgehead atoms. The van der Waals surface area contributed by atoms with E-state index in [0.717, 1.165) is 21.7 Å². The summed E-state index contributed by atoms with van der Waals surface area (Å²) >= 11 is 0.451. The Morgan fingerprint density at radius 2 is 1.50 bits per heavy atom. The van der Waals surface area contributed by atoms with Gasteiger partial charge in [-0.25, -0.2) is 0 Å². The standard InChI is InChI=1S/C20H23F2N3O2S/c1-13-5-4-6-14(2)19(13)24-18(27)12-25(3)11-17(26)23-15-7-9-16(10-8-15)28-20(21)22/h4-10,20H,11-12H2,1-3H3,(H,23,26)(H,24,27)/p+1. The smallest absolute Gasteiger partial charge is 0.288 e. The predicted molar refractivity (Wildman–Crippen MR) is 108 cm³/mol. The van der Waals surface area contributed by atoms with Crippen LogP contribution >= 0.6 is 11.8 Å². The van der Waals surface area contributed by atoms with Crippen LogP contribution in [0.25, 0.3) is 0 Å². The number of aryl methyl sites for hydroxylation is 2. The maximum atomic E-state index is 12.3. The highest BCUT2D eigenvalue weighted by Crippen LogP contribution is 2.26. The van der Waals surface area contributed by atoms with Crippen molar-refractivity contribution in [2.75, 3.05) is 30.8 Å². The van der Waals surface area contributed by atoms with Gasteiger partial charge in [0.1, 0.15) is 0 Å². The van der Waals surface area contributed by atoms with Gasteiger partial charge in [-0.2, -0.15) is 8.78 Å². The number of hydrogen-bond donors (Lipinski definition) is 3. The normalized spacial score (nSPS) is 11.9. The fourth-order valence-electron chi connectivity index (χ4n) is 2.73. The number of rotatable bonds is 8. The second kappa shape index (κ2) is 10.2. The Kier molecular flexibility index (Phi) is 7.95. The Bertz CT molecular complexity index is 808. The minimum atomic E-state index is -2.48. The van der Waals surface area contributed by atoms with Crippen molar-refractivity contribution in [1.82, 2.24) is 0 Å². The van der Waals surface area contributed by atoms with E-state index >= 15 is 0 Å². The first kappa shape index (κ1) is 21.8. The Morgan fingerprint density at radius 1 is 0.964 bits per heavy atom. The molecule has 0 saturated carbocycles. The molecule has 5 nitrogen and oxygen atoms in total. The average molecular weight is 408 g/mol. The van der Waals surface area contributed by atoms with Gasteiger partial charge in [0.2, 0.25) is 0 Å². The average Bonchev–Trinajstić information content (AvgIpc) is 2.59. The van der Waals surface area contributed by atoms with Crippen molar-refractivity contribution in [3.05, 3.63) is 53.6 Å². The molecule has 0 saturated heterocycles. The summed E-state index contributed by atoms with van der Waals surface area (Å²) in [4.78, 5) is 25.6. The van der Waals surface area contributed by atoms with Crippen molar-refractivity contribution < 1.29 is 23.3 Å². The van der Waals surface area contributed by atoms with Crippen LogP contribution in [0.2, 0.25) is 0 Å². The van der Waals surface area contributed by atoms with Gasteiger partial charge in [0.05, 0.1) is 7.05 Å². The number of anilines is 2. The van der Waals surface area contributed by atoms with Gasteiger partial charge < -0.3 is 15.5 Å². The SMILES string of the molecule is Cc1cccc(C)c1NC(=O)C[NH+](C)CC(=O)Nc1ccc(SC(F)F)cc1. The molecule has 0 radical (unpaired) electrons. The number of amides is 2. The molecule has 0 spiro atoms. The van der Waals surface area contributed by atoms with E-state index in [1.54, 1.807) is 19.2 Å². The van der Waals surface area contributed by atoms with E-state index in [0.29, 0.717) is 22.3 Å². The number of thioether (sulfide) groups is 1. The summed E-state index contributed by atoms with van der Waals surface area (Å²) in [6.07, 6.45) is 0. The molecule has 1 unspecified atom stereocenters. The van der Waals surface area contributed by atoms with E-state index in [2.05, 4.69) is 10.6 Å². The highest BCUT2D eigenvalue weighted by molar-refractivity contribution is 7.99. The van der Waals surface area contributed by atoms with Gasteiger partial charge >= 0.3 is 0 Å². The van der Waals surface area contributed by atoms with Crippen LogP contribution in [0.15, 0.2) is 47.4 Å². The number of quaternary nitrogens is 1. The minimum Gasteiger partial charge on any atom is -0.322 e. The molecular formula is C20H24F2N3O2S+. The first-order chi connectivity index (χ1) is 13.2. The van der Waals surface area contributed by atoms with Gasteiger partial charge in [0.15, 0.2) is 13.1 Å². The molecule has 2 rings (SSSR count). The monoisotopic (exact) mass is 408 g/mol. The number of carbonyl (C=O) groups excluding carboxylic acids is 2. The Balaban J connectivity index is 1.82. The van der Waals surface area contributed by atoms with Crippen molar-refractivity contribution in [3.63, 3.8) is 0 Å². The third-order valence-corrected chi connectivity index (χ3v) is 4.76. The van der Waals surface area contributed by atoms with Crippen molar-refractivity contribution in [2.24, 2.45) is 0 Å². The summed E-state index contributed by atoms with van der Waals surface area (Å²) in [5.41, 5.74) is 3.29. The van der Waals surface area contributed by atoms with Crippen LogP contribution < -0.4 is 15.5 Å². The van der Waals surface area contributed by atoms with Crippen LogP contribution in [0.5, 0.6) is 0 Å². The van der Waals surface area contributed by atoms with Crippen LogP contribution in [0.4, 0.5) is 20.2 Å². The number of hydrogen-bond acceptors (Lipinski definition) is 3. The third kappa shape index (κ3) is 6.94. The van der Waals surface area contributed by atoms with Crippen molar-refractivity contribution >= 4 is 35.0 Å². The summed E-state index contributed by atoms with van der Waals surface area (Å²) in [5, 5.41) is 5.61. The lowest BCUT2D eigenvalue weighted by Gasteiger charge is -2.15. The Labute approximate surface area is 167 Å². The van der Waals surface area contributed by atoms with Gasteiger partial charge in [-0.05, 0) is 49.2 Å². The van der Waals surface area contributed by atoms with Crippen molar-refractivity contribution in [3.8, 4) is 0 Å². The lowest BCUT2D eigenvalue weighted by atomic mass is 10.1. The number of alkyl halides is 2. The van der Waals surface area contributed by atoms with Crippen LogP contribution in [0, 0.1) is 13.8 Å². The van der Waals surface area contributed by atoms with E-state index in [1.165, 1.54) is 12.1 Å². The third-order valence-electron chi connectivity index (χ3n) is 4.03. The zero-order chi connectivity index (χ0) is 20.7. The van der Waals surface area contributed by atoms with Gasteiger partial charge in [0.25, 0.3) is 17.6 Å². The summed E-state index contributed by atoms with van der Waals surface area (Å²) in [7, 11) is 1.76. The maximum Gasteiger partial charge on any atom is 0.288 e. The fourth-order valence-corrected chi connectivity index (χ4v) is 3.23. The molecule has 0 heterocycles. The fraction of sp³-hybridized carbons (Fsp3) is 0.300. The lowest BCUT2D eigenvalue weighted by Crippen LogP contribution is -3.11. The second-order valence-corrected chi connectivity index (χ2v) is 7.64. The molecule has 8 heteroatoms. The zero-order valence-electron chi connectivity index (χ0n) is 16.0. The predicted octanol–water partition coefficient (Wildman–Crippen LogP) is 2.71. The highest BCUT2D eigenvalue weighted by Gasteiger charge is 2.16. The van der Waals surface area contributed by atoms with Gasteiger partial charge in [-0.1, -0.05) is 30.0 Å². The number of nitrogens with one attached hydrogen (secondary N) is 3. The minimum absolute atomic E-state index is 0.105. The van der Waals surface area contributed by atoms with E-state index in [1.807, 2.05) is 32.0 Å². The first-order valence-electron chi connectivity index (χ1n) is 8.76. The van der Waals surface area contributed by atoms with E-state index in [-0.39, 0.29) is 24.9 Å². The Hall–Kier alpha value is -2.45. The maximum absolute atomic E-state index is 12.3. The Morgan fingerprint density at radius 3 is 2.04 bits per heavy atom. The van der Waals surface area contributed by atoms with Crippen LogP contribution in [0.1, 0.15) is 11.1 Å². The van der Waals surface area contributed by atoms with E-state index in [4.69, 9.17) is 0 Å². The molecule has 3 N–H and O–H groups in total. The molecule has 28 heavy (non-hydrogen) atoms. The summed E-state index contributed by atoms with van der Waals surface area (Å²) in [6, 6.07) is 12.0. The first-order valence-corrected chi connectivity index (χ1v) is 9.64. The van der Waals surface area contributed by atoms with Crippen LogP contribution in [-0.4, -0.2) is 37.7 Å². The molecule has 2 aromatic carbocycles. The molecule has 0 aromatic heterocycles. The van der Waals surface area contributed by atoms with E-state index < -0.39 is 5.76 Å². The zero-order valence-corrected chi connectivity index (χ0v) is 16.8. The number of carbonyl (C=O) groups is 2. The summed E-state index contributed by atoms with van der Waals surface area (Å²) < 4.78 is 24.6. The van der Waals surface area contributed by atoms with E-state index in [9.17, 15) is 18.4 Å². The largest absolute Gasteiger partial charge is 0.322 e. The molecule has 0 aliphatic heterocycles. The topological polar surface area (TPSA) is 62.6 Å². The molecule has 0 aliphatic rings. The van der Waals surface area contributed by atoms with Gasteiger partial charge in [0, 0.05) is 16.3 Å². The molecular weight excluding hydrogens is 384 g/mol. The van der Waals surface area contributed by atoms with Crippen molar-refractivity contribution in [1.29, 1.82) is 0 Å². The number of halogens is 2. The number of likely N-dealkylation sites (N-methyl/N-ethyl adjacent to an activating group) is 1. The molecule has 0 fully saturated rings. The summed E-state index contributed by atoms with van der Waals surface area (Å²) in [5.74, 6) is -2.91. The molecule has 1 atom stereocenters. The quantitative estimate of drug-likeness (QED) is 0.589. The van der Waals surface area contributed by atoms with Gasteiger partial charge in [-0.15, -0.1) is 0 Å². The number of benzene rings is 2. The van der Waals surface area contributed by atoms with Crippen LogP contribution in [-0.2, 0) is 9.59 Å². The lowest BCUT2D eigenvalue weighted by molar-refractivity contribution is -0.862. The number of para-hydroxylation sites is 1. The summed E-state index contributed by atoms with van der Waals surface area (Å²) in [6.45, 7) is 4.11. The molecule has 2 amide bonds. The van der Waals surface area contributed by atoms with Crippen molar-refractivity contribution in [2.45, 2.75) is 24.5 Å². The molecule has 0 aliphatic carbocycles. The molecule has 2 aromatic rings. The highest BCUT2D eigenvalue weighted by atomic mass is 32.2. The molecule has 150 valence electrons. The van der Waals surface area contributed by atoms with Crippen LogP contribution in [0.3, 0.4) is 0 Å². The second-order valence-electron chi connectivity index (χ2n) is 6.58. The van der Waals surface area contributed by atoms with Gasteiger partial charge in [-0.3, -0.25) is 9.59 Å².